The van der Waals surface area contributed by atoms with Crippen molar-refractivity contribution in [1.82, 2.24) is 9.97 Å². The fourth-order valence-electron chi connectivity index (χ4n) is 1.69. The van der Waals surface area contributed by atoms with Gasteiger partial charge >= 0.3 is 0 Å². The molecule has 16 heavy (non-hydrogen) atoms. The van der Waals surface area contributed by atoms with Crippen LogP contribution in [0.1, 0.15) is 0 Å². The fraction of sp³-hybridized carbons (Fsp3) is 0. The van der Waals surface area contributed by atoms with E-state index >= 15 is 0 Å². The third kappa shape index (κ3) is 1.44. The molecule has 4 heteroatoms. The van der Waals surface area contributed by atoms with Gasteiger partial charge in [0.05, 0.1) is 15.9 Å². The molecule has 2 heterocycles. The van der Waals surface area contributed by atoms with E-state index in [1.807, 2.05) is 36.4 Å². The maximum Gasteiger partial charge on any atom is 0.181 e. The molecular weight excluding hydrogens is 218 g/mol. The van der Waals surface area contributed by atoms with Gasteiger partial charge in [0, 0.05) is 11.8 Å². The van der Waals surface area contributed by atoms with Crippen molar-refractivity contribution in [2.75, 3.05) is 5.73 Å². The first-order valence-corrected chi connectivity index (χ1v) is 5.73. The van der Waals surface area contributed by atoms with E-state index in [4.69, 9.17) is 5.73 Å². The molecule has 2 aromatic heterocycles. The molecular formula is C12H9N3S. The Balaban J connectivity index is 2.31. The van der Waals surface area contributed by atoms with Gasteiger partial charge in [-0.1, -0.05) is 29.5 Å². The highest BCUT2D eigenvalue weighted by atomic mass is 32.1. The van der Waals surface area contributed by atoms with Crippen LogP contribution < -0.4 is 5.73 Å². The van der Waals surface area contributed by atoms with Crippen LogP contribution in [0.5, 0.6) is 0 Å². The molecule has 78 valence electrons. The minimum absolute atomic E-state index is 0.596. The summed E-state index contributed by atoms with van der Waals surface area (Å²) in [6.07, 6.45) is 1.79. The first-order valence-electron chi connectivity index (χ1n) is 4.91. The molecule has 3 rings (SSSR count). The zero-order chi connectivity index (χ0) is 11.0. The van der Waals surface area contributed by atoms with Crippen LogP contribution in [0.15, 0.2) is 42.6 Å². The van der Waals surface area contributed by atoms with Gasteiger partial charge in [-0.15, -0.1) is 0 Å². The van der Waals surface area contributed by atoms with E-state index in [1.165, 1.54) is 11.3 Å². The average Bonchev–Trinajstić information content (AvgIpc) is 2.70. The lowest BCUT2D eigenvalue weighted by Crippen LogP contribution is -1.81. The van der Waals surface area contributed by atoms with Gasteiger partial charge in [-0.3, -0.25) is 4.98 Å². The van der Waals surface area contributed by atoms with E-state index in [9.17, 15) is 0 Å². The monoisotopic (exact) mass is 227 g/mol. The molecule has 0 bridgehead atoms. The van der Waals surface area contributed by atoms with Crippen LogP contribution in [-0.2, 0) is 0 Å². The summed E-state index contributed by atoms with van der Waals surface area (Å²) in [5.74, 6) is 0. The van der Waals surface area contributed by atoms with E-state index in [1.54, 1.807) is 6.20 Å². The Morgan fingerprint density at radius 2 is 2.00 bits per heavy atom. The number of hydrogen-bond donors (Lipinski definition) is 1. The van der Waals surface area contributed by atoms with Gasteiger partial charge < -0.3 is 5.73 Å². The molecule has 0 aliphatic heterocycles. The lowest BCUT2D eigenvalue weighted by molar-refractivity contribution is 1.33. The standard InChI is InChI=1S/C12H9N3S/c13-12-15-10-6-3-4-8(11(10)16-12)9-5-1-2-7-14-9/h1-7H,(H2,13,15). The Bertz CT molecular complexity index is 631. The number of hydrogen-bond acceptors (Lipinski definition) is 4. The van der Waals surface area contributed by atoms with Crippen molar-refractivity contribution < 1.29 is 0 Å². The Labute approximate surface area is 96.6 Å². The molecule has 0 aliphatic rings. The maximum atomic E-state index is 5.72. The topological polar surface area (TPSA) is 51.8 Å². The van der Waals surface area contributed by atoms with Crippen LogP contribution in [0.3, 0.4) is 0 Å². The number of aromatic nitrogens is 2. The highest BCUT2D eigenvalue weighted by Gasteiger charge is 2.08. The summed E-state index contributed by atoms with van der Waals surface area (Å²) in [7, 11) is 0. The third-order valence-electron chi connectivity index (χ3n) is 2.37. The van der Waals surface area contributed by atoms with Crippen LogP contribution >= 0.6 is 11.3 Å². The van der Waals surface area contributed by atoms with E-state index < -0.39 is 0 Å². The molecule has 0 spiro atoms. The second-order valence-electron chi connectivity index (χ2n) is 3.42. The second-order valence-corrected chi connectivity index (χ2v) is 4.45. The number of nitrogens with two attached hydrogens (primary N) is 1. The van der Waals surface area contributed by atoms with Gasteiger partial charge in [-0.05, 0) is 18.2 Å². The van der Waals surface area contributed by atoms with Crippen molar-refractivity contribution >= 4 is 26.7 Å². The van der Waals surface area contributed by atoms with Gasteiger partial charge in [-0.2, -0.15) is 0 Å². The Hall–Kier alpha value is -1.94. The number of pyridine rings is 1. The number of nitrogen functional groups attached to an aromatic ring is 1. The summed E-state index contributed by atoms with van der Waals surface area (Å²) in [6, 6.07) is 11.9. The van der Waals surface area contributed by atoms with Crippen LogP contribution in [0, 0.1) is 0 Å². The third-order valence-corrected chi connectivity index (χ3v) is 3.31. The van der Waals surface area contributed by atoms with Crippen LogP contribution in [0.2, 0.25) is 0 Å². The minimum Gasteiger partial charge on any atom is -0.375 e. The molecule has 0 saturated heterocycles. The van der Waals surface area contributed by atoms with E-state index in [0.29, 0.717) is 5.13 Å². The molecule has 0 radical (unpaired) electrons. The van der Waals surface area contributed by atoms with Crippen molar-refractivity contribution in [3.05, 3.63) is 42.6 Å². The van der Waals surface area contributed by atoms with Crippen LogP contribution in [-0.4, -0.2) is 9.97 Å². The SMILES string of the molecule is Nc1nc2cccc(-c3ccccn3)c2s1. The number of benzene rings is 1. The normalized spacial score (nSPS) is 10.8. The van der Waals surface area contributed by atoms with Crippen LogP contribution in [0.25, 0.3) is 21.5 Å². The number of thiazole rings is 1. The predicted octanol–water partition coefficient (Wildman–Crippen LogP) is 2.94. The lowest BCUT2D eigenvalue weighted by Gasteiger charge is -2.00. The van der Waals surface area contributed by atoms with E-state index in [-0.39, 0.29) is 0 Å². The second kappa shape index (κ2) is 3.57. The largest absolute Gasteiger partial charge is 0.375 e. The summed E-state index contributed by atoms with van der Waals surface area (Å²) < 4.78 is 1.10. The highest BCUT2D eigenvalue weighted by molar-refractivity contribution is 7.22. The maximum absolute atomic E-state index is 5.72. The van der Waals surface area contributed by atoms with Gasteiger partial charge in [0.15, 0.2) is 5.13 Å². The zero-order valence-electron chi connectivity index (χ0n) is 8.42. The molecule has 3 aromatic rings. The van der Waals surface area contributed by atoms with Crippen molar-refractivity contribution in [2.24, 2.45) is 0 Å². The number of fused-ring (bicyclic) bond motifs is 1. The quantitative estimate of drug-likeness (QED) is 0.695. The fourth-order valence-corrected chi connectivity index (χ4v) is 2.54. The lowest BCUT2D eigenvalue weighted by atomic mass is 10.1. The summed E-state index contributed by atoms with van der Waals surface area (Å²) in [6.45, 7) is 0. The van der Waals surface area contributed by atoms with Crippen LogP contribution in [0.4, 0.5) is 5.13 Å². The molecule has 2 N–H and O–H groups in total. The average molecular weight is 227 g/mol. The number of anilines is 1. The van der Waals surface area contributed by atoms with Crippen molar-refractivity contribution in [1.29, 1.82) is 0 Å². The number of rotatable bonds is 1. The molecule has 0 saturated carbocycles. The van der Waals surface area contributed by atoms with Gasteiger partial charge in [-0.25, -0.2) is 4.98 Å². The molecule has 1 aromatic carbocycles. The van der Waals surface area contributed by atoms with E-state index in [0.717, 1.165) is 21.5 Å². The van der Waals surface area contributed by atoms with Gasteiger partial charge in [0.2, 0.25) is 0 Å². The zero-order valence-corrected chi connectivity index (χ0v) is 9.24. The molecule has 0 amide bonds. The summed E-state index contributed by atoms with van der Waals surface area (Å²) >= 11 is 1.50. The smallest absolute Gasteiger partial charge is 0.181 e. The summed E-state index contributed by atoms with van der Waals surface area (Å²) in [5.41, 5.74) is 8.71. The summed E-state index contributed by atoms with van der Waals surface area (Å²) in [5, 5.41) is 0.596. The first kappa shape index (κ1) is 9.30. The Morgan fingerprint density at radius 1 is 1.06 bits per heavy atom. The van der Waals surface area contributed by atoms with Crippen molar-refractivity contribution in [2.45, 2.75) is 0 Å². The highest BCUT2D eigenvalue weighted by Crippen LogP contribution is 2.32. The van der Waals surface area contributed by atoms with E-state index in [2.05, 4.69) is 9.97 Å². The van der Waals surface area contributed by atoms with Crippen molar-refractivity contribution in [3.63, 3.8) is 0 Å². The van der Waals surface area contributed by atoms with Gasteiger partial charge in [0.25, 0.3) is 0 Å². The van der Waals surface area contributed by atoms with Crippen molar-refractivity contribution in [3.8, 4) is 11.3 Å². The summed E-state index contributed by atoms with van der Waals surface area (Å²) in [4.78, 5) is 8.61. The molecule has 3 nitrogen and oxygen atoms in total. The first-order chi connectivity index (χ1) is 7.84. The predicted molar refractivity (Wildman–Crippen MR) is 67.3 cm³/mol. The Kier molecular flexibility index (Phi) is 2.08. The molecule has 0 fully saturated rings. The van der Waals surface area contributed by atoms with Gasteiger partial charge in [0.1, 0.15) is 0 Å². The Morgan fingerprint density at radius 3 is 2.81 bits per heavy atom. The molecule has 0 aliphatic carbocycles. The molecule has 0 atom stereocenters. The molecule has 0 unspecified atom stereocenters. The number of nitrogens with zero attached hydrogens (tertiary/aromatic N) is 2. The minimum atomic E-state index is 0.596.